The number of alkyl halides is 2. The van der Waals surface area contributed by atoms with E-state index in [-0.39, 0.29) is 16.5 Å². The number of hydrogen-bond donors (Lipinski definition) is 1. The van der Waals surface area contributed by atoms with Crippen LogP contribution in [0.25, 0.3) is 10.9 Å². The lowest BCUT2D eigenvalue weighted by Crippen LogP contribution is -2.48. The number of nitrogens with zero attached hydrogens (tertiary/aromatic N) is 1. The molecule has 0 amide bonds. The summed E-state index contributed by atoms with van der Waals surface area (Å²) in [5.74, 6) is -5.14. The lowest BCUT2D eigenvalue weighted by molar-refractivity contribution is -0.0551. The Kier molecular flexibility index (Phi) is 5.43. The third kappa shape index (κ3) is 3.64. The number of aromatic amines is 1. The molecule has 0 radical (unpaired) electrons. The molecular weight excluding hydrogens is 467 g/mol. The number of aromatic nitrogens is 1. The van der Waals surface area contributed by atoms with Crippen LogP contribution in [0.4, 0.5) is 22.0 Å². The van der Waals surface area contributed by atoms with Crippen molar-refractivity contribution >= 4 is 26.8 Å². The minimum absolute atomic E-state index is 0.217. The van der Waals surface area contributed by atoms with E-state index in [2.05, 4.69) is 20.9 Å². The van der Waals surface area contributed by atoms with Gasteiger partial charge in [-0.1, -0.05) is 22.9 Å². The minimum Gasteiger partial charge on any atom is -0.356 e. The van der Waals surface area contributed by atoms with E-state index in [1.54, 1.807) is 13.0 Å². The van der Waals surface area contributed by atoms with Gasteiger partial charge in [0, 0.05) is 39.1 Å². The van der Waals surface area contributed by atoms with Crippen LogP contribution in [0.5, 0.6) is 0 Å². The van der Waals surface area contributed by atoms with Gasteiger partial charge in [0.15, 0.2) is 0 Å². The van der Waals surface area contributed by atoms with Gasteiger partial charge in [0.25, 0.3) is 5.92 Å². The topological polar surface area (TPSA) is 19.0 Å². The monoisotopic (exact) mass is 486 g/mol. The number of nitrogens with one attached hydrogen (secondary N) is 1. The molecule has 8 heteroatoms. The van der Waals surface area contributed by atoms with Crippen molar-refractivity contribution in [1.29, 1.82) is 0 Å². The van der Waals surface area contributed by atoms with E-state index in [1.165, 1.54) is 24.0 Å². The van der Waals surface area contributed by atoms with Crippen LogP contribution in [0, 0.1) is 17.5 Å². The van der Waals surface area contributed by atoms with Crippen molar-refractivity contribution in [2.24, 2.45) is 0 Å². The lowest BCUT2D eigenvalue weighted by atomic mass is 9.87. The van der Waals surface area contributed by atoms with Crippen molar-refractivity contribution in [3.05, 3.63) is 69.1 Å². The molecule has 2 nitrogen and oxygen atoms in total. The highest BCUT2D eigenvalue weighted by atomic mass is 79.9. The van der Waals surface area contributed by atoms with Crippen LogP contribution in [-0.4, -0.2) is 28.4 Å². The molecule has 0 fully saturated rings. The smallest absolute Gasteiger partial charge is 0.260 e. The maximum Gasteiger partial charge on any atom is 0.260 e. The zero-order valence-electron chi connectivity index (χ0n) is 16.4. The first kappa shape index (κ1) is 21.3. The number of benzene rings is 2. The molecule has 0 saturated heterocycles. The lowest BCUT2D eigenvalue weighted by Gasteiger charge is -2.42. The molecular formula is C22H20BrF5N2. The summed E-state index contributed by atoms with van der Waals surface area (Å²) in [7, 11) is 0. The van der Waals surface area contributed by atoms with Crippen LogP contribution in [0.15, 0.2) is 34.8 Å². The largest absolute Gasteiger partial charge is 0.356 e. The second-order valence-electron chi connectivity index (χ2n) is 7.83. The Balaban J connectivity index is 1.97. The van der Waals surface area contributed by atoms with E-state index in [1.807, 2.05) is 0 Å². The fourth-order valence-electron chi connectivity index (χ4n) is 4.29. The van der Waals surface area contributed by atoms with E-state index in [0.717, 1.165) is 23.1 Å². The summed E-state index contributed by atoms with van der Waals surface area (Å²) in [6, 6.07) is 4.96. The Morgan fingerprint density at radius 2 is 1.80 bits per heavy atom. The molecule has 1 aliphatic rings. The molecule has 30 heavy (non-hydrogen) atoms. The van der Waals surface area contributed by atoms with Gasteiger partial charge in [-0.3, -0.25) is 4.90 Å². The molecule has 0 aliphatic carbocycles. The maximum atomic E-state index is 15.0. The summed E-state index contributed by atoms with van der Waals surface area (Å²) in [6.45, 7) is 2.49. The molecule has 3 aromatic rings. The standard InChI is InChI=1S/C22H20BrF5N2/c1-3-22(27,28)10-30-11(2)6-15-14-5-4-13(24)9-18(14)29-20(15)21(30)19-16(25)7-12(23)8-17(19)26/h4-5,7-9,11,21,29H,3,6,10H2,1-2H3. The van der Waals surface area contributed by atoms with Gasteiger partial charge < -0.3 is 4.98 Å². The summed E-state index contributed by atoms with van der Waals surface area (Å²) in [5, 5.41) is 0.725. The summed E-state index contributed by atoms with van der Waals surface area (Å²) < 4.78 is 72.7. The van der Waals surface area contributed by atoms with Crippen LogP contribution >= 0.6 is 15.9 Å². The van der Waals surface area contributed by atoms with E-state index in [9.17, 15) is 22.0 Å². The van der Waals surface area contributed by atoms with Gasteiger partial charge in [-0.15, -0.1) is 0 Å². The second kappa shape index (κ2) is 7.64. The Labute approximate surface area is 179 Å². The number of halogens is 6. The summed E-state index contributed by atoms with van der Waals surface area (Å²) in [5.41, 5.74) is 1.35. The van der Waals surface area contributed by atoms with Gasteiger partial charge in [0.2, 0.25) is 0 Å². The van der Waals surface area contributed by atoms with E-state index in [4.69, 9.17) is 0 Å². The zero-order chi connectivity index (χ0) is 21.8. The zero-order valence-corrected chi connectivity index (χ0v) is 18.0. The molecule has 1 aromatic heterocycles. The van der Waals surface area contributed by atoms with Crippen LogP contribution < -0.4 is 0 Å². The minimum atomic E-state index is -3.02. The fourth-order valence-corrected chi connectivity index (χ4v) is 4.69. The van der Waals surface area contributed by atoms with Gasteiger partial charge in [0.1, 0.15) is 17.5 Å². The van der Waals surface area contributed by atoms with Crippen molar-refractivity contribution < 1.29 is 22.0 Å². The molecule has 0 saturated carbocycles. The van der Waals surface area contributed by atoms with Gasteiger partial charge >= 0.3 is 0 Å². The van der Waals surface area contributed by atoms with E-state index >= 15 is 0 Å². The molecule has 2 atom stereocenters. The van der Waals surface area contributed by atoms with Gasteiger partial charge in [0.05, 0.1) is 12.6 Å². The molecule has 0 bridgehead atoms. The fraction of sp³-hybridized carbons (Fsp3) is 0.364. The van der Waals surface area contributed by atoms with Crippen LogP contribution in [0.1, 0.15) is 43.1 Å². The first-order valence-electron chi connectivity index (χ1n) is 9.69. The number of fused-ring (bicyclic) bond motifs is 3. The van der Waals surface area contributed by atoms with Crippen molar-refractivity contribution in [2.45, 2.75) is 44.7 Å². The summed E-state index contributed by atoms with van der Waals surface area (Å²) >= 11 is 3.06. The highest BCUT2D eigenvalue weighted by Crippen LogP contribution is 2.44. The first-order valence-corrected chi connectivity index (χ1v) is 10.5. The predicted octanol–water partition coefficient (Wildman–Crippen LogP) is 6.73. The molecule has 1 N–H and O–H groups in total. The van der Waals surface area contributed by atoms with Crippen molar-refractivity contribution in [3.8, 4) is 0 Å². The Morgan fingerprint density at radius 1 is 1.13 bits per heavy atom. The Morgan fingerprint density at radius 3 is 2.43 bits per heavy atom. The summed E-state index contributed by atoms with van der Waals surface area (Å²) in [4.78, 5) is 4.49. The molecule has 2 unspecified atom stereocenters. The number of H-pyrrole nitrogens is 1. The maximum absolute atomic E-state index is 15.0. The SMILES string of the molecule is CCC(F)(F)CN1C(C)Cc2c([nH]c3cc(F)ccc23)C1c1c(F)cc(Br)cc1F. The second-order valence-corrected chi connectivity index (χ2v) is 8.74. The summed E-state index contributed by atoms with van der Waals surface area (Å²) in [6.07, 6.45) is 0.00996. The van der Waals surface area contributed by atoms with Crippen molar-refractivity contribution in [3.63, 3.8) is 0 Å². The van der Waals surface area contributed by atoms with Crippen LogP contribution in [-0.2, 0) is 6.42 Å². The van der Waals surface area contributed by atoms with Crippen LogP contribution in [0.2, 0.25) is 0 Å². The van der Waals surface area contributed by atoms with Crippen molar-refractivity contribution in [1.82, 2.24) is 9.88 Å². The molecule has 4 rings (SSSR count). The van der Waals surface area contributed by atoms with Gasteiger partial charge in [-0.2, -0.15) is 0 Å². The average Bonchev–Trinajstić information content (AvgIpc) is 3.00. The van der Waals surface area contributed by atoms with Crippen molar-refractivity contribution in [2.75, 3.05) is 6.54 Å². The Hall–Kier alpha value is -1.93. The molecule has 2 heterocycles. The predicted molar refractivity (Wildman–Crippen MR) is 109 cm³/mol. The van der Waals surface area contributed by atoms with E-state index < -0.39 is 42.0 Å². The highest BCUT2D eigenvalue weighted by Gasteiger charge is 2.43. The molecule has 2 aromatic carbocycles. The normalized spacial score (nSPS) is 20.0. The third-order valence-electron chi connectivity index (χ3n) is 5.82. The van der Waals surface area contributed by atoms with Gasteiger partial charge in [-0.05, 0) is 49.2 Å². The van der Waals surface area contributed by atoms with Gasteiger partial charge in [-0.25, -0.2) is 22.0 Å². The Bertz CT molecular complexity index is 1090. The van der Waals surface area contributed by atoms with Crippen LogP contribution in [0.3, 0.4) is 0 Å². The molecule has 160 valence electrons. The molecule has 0 spiro atoms. The third-order valence-corrected chi connectivity index (χ3v) is 6.28. The number of rotatable bonds is 4. The van der Waals surface area contributed by atoms with E-state index in [0.29, 0.717) is 17.6 Å². The average molecular weight is 487 g/mol. The quantitative estimate of drug-likeness (QED) is 0.405. The first-order chi connectivity index (χ1) is 14.1. The number of hydrogen-bond acceptors (Lipinski definition) is 1. The highest BCUT2D eigenvalue weighted by molar-refractivity contribution is 9.10. The molecule has 1 aliphatic heterocycles.